The van der Waals surface area contributed by atoms with Gasteiger partial charge in [-0.2, -0.15) is 0 Å². The van der Waals surface area contributed by atoms with Crippen molar-refractivity contribution in [2.75, 3.05) is 7.11 Å². The maximum absolute atomic E-state index is 12.4. The molecule has 3 aromatic rings. The third kappa shape index (κ3) is 2.88. The van der Waals surface area contributed by atoms with Gasteiger partial charge in [0.25, 0.3) is 0 Å². The number of benzene rings is 2. The Morgan fingerprint density at radius 3 is 2.33 bits per heavy atom. The van der Waals surface area contributed by atoms with E-state index in [-0.39, 0.29) is 0 Å². The summed E-state index contributed by atoms with van der Waals surface area (Å²) in [5.41, 5.74) is 2.01. The van der Waals surface area contributed by atoms with E-state index in [9.17, 15) is 9.59 Å². The highest BCUT2D eigenvalue weighted by Crippen LogP contribution is 2.29. The van der Waals surface area contributed by atoms with Crippen LogP contribution in [-0.4, -0.2) is 13.1 Å². The Bertz CT molecular complexity index is 967. The molecule has 122 valence electrons. The first-order valence-electron chi connectivity index (χ1n) is 7.40. The molecule has 0 saturated heterocycles. The Hall–Kier alpha value is -3.08. The molecule has 24 heavy (non-hydrogen) atoms. The number of hydrogen-bond acceptors (Lipinski definition) is 5. The normalized spacial score (nSPS) is 10.6. The van der Waals surface area contributed by atoms with E-state index in [1.807, 2.05) is 19.1 Å². The summed E-state index contributed by atoms with van der Waals surface area (Å²) in [4.78, 5) is 23.5. The Labute approximate surface area is 138 Å². The van der Waals surface area contributed by atoms with Crippen molar-refractivity contribution >= 4 is 16.9 Å². The van der Waals surface area contributed by atoms with Crippen LogP contribution < -0.4 is 15.1 Å². The average Bonchev–Trinajstić information content (AvgIpc) is 2.54. The zero-order valence-corrected chi connectivity index (χ0v) is 13.6. The Morgan fingerprint density at radius 2 is 1.71 bits per heavy atom. The quantitative estimate of drug-likeness (QED) is 0.417. The highest BCUT2D eigenvalue weighted by atomic mass is 16.5. The molecule has 2 aromatic carbocycles. The van der Waals surface area contributed by atoms with Crippen molar-refractivity contribution in [3.8, 4) is 22.6 Å². The minimum atomic E-state index is -0.440. The van der Waals surface area contributed by atoms with Gasteiger partial charge in [0.1, 0.15) is 17.1 Å². The number of carbonyl (C=O) groups is 1. The third-order valence-electron chi connectivity index (χ3n) is 3.78. The SMILES string of the molecule is COc1ccc(-c2c(C)c3ccc(OC(C)=O)cc3oc2=O)cc1. The highest BCUT2D eigenvalue weighted by Gasteiger charge is 2.14. The van der Waals surface area contributed by atoms with Crippen LogP contribution in [0, 0.1) is 6.92 Å². The second-order valence-corrected chi connectivity index (χ2v) is 5.37. The van der Waals surface area contributed by atoms with Gasteiger partial charge in [0.15, 0.2) is 0 Å². The molecule has 3 rings (SSSR count). The van der Waals surface area contributed by atoms with Gasteiger partial charge in [-0.15, -0.1) is 0 Å². The first-order chi connectivity index (χ1) is 11.5. The first-order valence-corrected chi connectivity index (χ1v) is 7.40. The summed E-state index contributed by atoms with van der Waals surface area (Å²) in [6.45, 7) is 3.18. The summed E-state index contributed by atoms with van der Waals surface area (Å²) in [5.74, 6) is 0.630. The molecule has 1 heterocycles. The summed E-state index contributed by atoms with van der Waals surface area (Å²) >= 11 is 0. The molecule has 0 atom stereocenters. The van der Waals surface area contributed by atoms with Crippen LogP contribution in [0.4, 0.5) is 0 Å². The van der Waals surface area contributed by atoms with E-state index in [0.717, 1.165) is 16.5 Å². The summed E-state index contributed by atoms with van der Waals surface area (Å²) in [7, 11) is 1.59. The topological polar surface area (TPSA) is 65.7 Å². The number of fused-ring (bicyclic) bond motifs is 1. The van der Waals surface area contributed by atoms with Crippen molar-refractivity contribution in [3.05, 3.63) is 58.4 Å². The lowest BCUT2D eigenvalue weighted by Crippen LogP contribution is -2.06. The van der Waals surface area contributed by atoms with Crippen LogP contribution in [0.3, 0.4) is 0 Å². The van der Waals surface area contributed by atoms with Gasteiger partial charge in [0, 0.05) is 18.4 Å². The van der Waals surface area contributed by atoms with Crippen LogP contribution >= 0.6 is 0 Å². The highest BCUT2D eigenvalue weighted by molar-refractivity contribution is 5.88. The molecule has 0 N–H and O–H groups in total. The fourth-order valence-corrected chi connectivity index (χ4v) is 2.66. The molecule has 5 heteroatoms. The molecule has 0 amide bonds. The van der Waals surface area contributed by atoms with Crippen LogP contribution in [0.15, 0.2) is 51.7 Å². The molecule has 0 saturated carbocycles. The summed E-state index contributed by atoms with van der Waals surface area (Å²) in [5, 5.41) is 0.788. The van der Waals surface area contributed by atoms with Gasteiger partial charge in [0.05, 0.1) is 12.7 Å². The van der Waals surface area contributed by atoms with Crippen LogP contribution in [-0.2, 0) is 4.79 Å². The second-order valence-electron chi connectivity index (χ2n) is 5.37. The minimum absolute atomic E-state index is 0.342. The van der Waals surface area contributed by atoms with Gasteiger partial charge >= 0.3 is 11.6 Å². The van der Waals surface area contributed by atoms with E-state index in [4.69, 9.17) is 13.9 Å². The van der Waals surface area contributed by atoms with E-state index < -0.39 is 11.6 Å². The molecule has 0 aliphatic heterocycles. The minimum Gasteiger partial charge on any atom is -0.497 e. The Balaban J connectivity index is 2.16. The molecule has 0 bridgehead atoms. The molecular weight excluding hydrogens is 308 g/mol. The molecule has 1 aromatic heterocycles. The summed E-state index contributed by atoms with van der Waals surface area (Å²) in [6.07, 6.45) is 0. The Morgan fingerprint density at radius 1 is 1.04 bits per heavy atom. The molecule has 0 unspecified atom stereocenters. The zero-order valence-electron chi connectivity index (χ0n) is 13.6. The van der Waals surface area contributed by atoms with Crippen molar-refractivity contribution in [2.24, 2.45) is 0 Å². The van der Waals surface area contributed by atoms with Crippen molar-refractivity contribution < 1.29 is 18.7 Å². The van der Waals surface area contributed by atoms with Crippen molar-refractivity contribution in [3.63, 3.8) is 0 Å². The maximum Gasteiger partial charge on any atom is 0.344 e. The van der Waals surface area contributed by atoms with Gasteiger partial charge < -0.3 is 13.9 Å². The number of carbonyl (C=O) groups excluding carboxylic acids is 1. The molecule has 0 radical (unpaired) electrons. The lowest BCUT2D eigenvalue weighted by atomic mass is 9.99. The summed E-state index contributed by atoms with van der Waals surface area (Å²) in [6, 6.07) is 12.2. The largest absolute Gasteiger partial charge is 0.497 e. The predicted octanol–water partition coefficient (Wildman–Crippen LogP) is 3.70. The third-order valence-corrected chi connectivity index (χ3v) is 3.78. The van der Waals surface area contributed by atoms with Crippen LogP contribution in [0.2, 0.25) is 0 Å². The van der Waals surface area contributed by atoms with Gasteiger partial charge in [-0.25, -0.2) is 4.79 Å². The van der Waals surface area contributed by atoms with Crippen LogP contribution in [0.25, 0.3) is 22.1 Å². The van der Waals surface area contributed by atoms with Gasteiger partial charge in [0.2, 0.25) is 0 Å². The standard InChI is InChI=1S/C19H16O5/c1-11-16-9-8-15(23-12(2)20)10-17(16)24-19(21)18(11)13-4-6-14(22-3)7-5-13/h4-10H,1-3H3. The average molecular weight is 324 g/mol. The van der Waals surface area contributed by atoms with Gasteiger partial charge in [-0.3, -0.25) is 4.79 Å². The first kappa shape index (κ1) is 15.8. The molecule has 5 nitrogen and oxygen atoms in total. The van der Waals surface area contributed by atoms with E-state index in [0.29, 0.717) is 22.6 Å². The zero-order chi connectivity index (χ0) is 17.3. The van der Waals surface area contributed by atoms with Crippen molar-refractivity contribution in [2.45, 2.75) is 13.8 Å². The van der Waals surface area contributed by atoms with Gasteiger partial charge in [-0.1, -0.05) is 12.1 Å². The number of esters is 1. The molecular formula is C19H16O5. The number of methoxy groups -OCH3 is 1. The lowest BCUT2D eigenvalue weighted by molar-refractivity contribution is -0.131. The van der Waals surface area contributed by atoms with E-state index in [2.05, 4.69) is 0 Å². The number of rotatable bonds is 3. The van der Waals surface area contributed by atoms with E-state index in [1.165, 1.54) is 6.92 Å². The molecule has 0 spiro atoms. The fourth-order valence-electron chi connectivity index (χ4n) is 2.66. The van der Waals surface area contributed by atoms with E-state index in [1.54, 1.807) is 37.4 Å². The molecule has 0 fully saturated rings. The smallest absolute Gasteiger partial charge is 0.344 e. The second kappa shape index (κ2) is 6.20. The fraction of sp³-hybridized carbons (Fsp3) is 0.158. The lowest BCUT2D eigenvalue weighted by Gasteiger charge is -2.09. The molecule has 0 aliphatic rings. The predicted molar refractivity (Wildman–Crippen MR) is 90.5 cm³/mol. The van der Waals surface area contributed by atoms with Crippen molar-refractivity contribution in [1.82, 2.24) is 0 Å². The Kier molecular flexibility index (Phi) is 4.08. The van der Waals surface area contributed by atoms with Crippen LogP contribution in [0.1, 0.15) is 12.5 Å². The molecule has 0 aliphatic carbocycles. The van der Waals surface area contributed by atoms with Crippen molar-refractivity contribution in [1.29, 1.82) is 0 Å². The number of hydrogen-bond donors (Lipinski definition) is 0. The van der Waals surface area contributed by atoms with E-state index >= 15 is 0 Å². The maximum atomic E-state index is 12.4. The van der Waals surface area contributed by atoms with Crippen LogP contribution in [0.5, 0.6) is 11.5 Å². The number of aryl methyl sites for hydroxylation is 1. The number of ether oxygens (including phenoxy) is 2. The summed E-state index contributed by atoms with van der Waals surface area (Å²) < 4.78 is 15.6. The monoisotopic (exact) mass is 324 g/mol. The van der Waals surface area contributed by atoms with Gasteiger partial charge in [-0.05, 0) is 42.3 Å².